The van der Waals surface area contributed by atoms with Crippen LogP contribution in [0.5, 0.6) is 0 Å². The number of anilines is 1. The van der Waals surface area contributed by atoms with Gasteiger partial charge in [-0.15, -0.1) is 0 Å². The van der Waals surface area contributed by atoms with Gasteiger partial charge in [-0.1, -0.05) is 42.5 Å². The number of benzene rings is 3. The van der Waals surface area contributed by atoms with Crippen molar-refractivity contribution in [3.8, 4) is 0 Å². The topological polar surface area (TPSA) is 49.4 Å². The van der Waals surface area contributed by atoms with Gasteiger partial charge < -0.3 is 5.32 Å². The lowest BCUT2D eigenvalue weighted by molar-refractivity contribution is -0.137. The number of hydrogen-bond donors (Lipinski definition) is 1. The van der Waals surface area contributed by atoms with Gasteiger partial charge in [0, 0.05) is 5.69 Å². The first-order chi connectivity index (χ1) is 14.0. The number of amides is 2. The third kappa shape index (κ3) is 3.78. The highest BCUT2D eigenvalue weighted by Crippen LogP contribution is 2.31. The molecule has 2 amide bonds. The molecular weight excluding hydrogens is 374 g/mol. The van der Waals surface area contributed by atoms with Crippen molar-refractivity contribution in [2.24, 2.45) is 0 Å². The van der Waals surface area contributed by atoms with E-state index in [2.05, 4.69) is 5.32 Å². The van der Waals surface area contributed by atoms with Crippen LogP contribution in [0.4, 0.5) is 14.5 Å². The van der Waals surface area contributed by atoms with Gasteiger partial charge in [-0.2, -0.15) is 0 Å². The van der Waals surface area contributed by atoms with Crippen molar-refractivity contribution in [1.29, 1.82) is 0 Å². The van der Waals surface area contributed by atoms with Crippen molar-refractivity contribution < 1.29 is 18.4 Å². The van der Waals surface area contributed by atoms with Gasteiger partial charge in [-0.25, -0.2) is 8.78 Å². The standard InChI is InChI=1S/C23H16F2N2O2/c24-17-8-6-15(7-9-17)14-27-22(28)20(16-4-2-1-3-5-16)21(23(27)29)26-19-12-10-18(25)11-13-19/h1-13,26H,14H2. The highest BCUT2D eigenvalue weighted by Gasteiger charge is 2.39. The molecule has 0 bridgehead atoms. The maximum atomic E-state index is 13.2. The summed E-state index contributed by atoms with van der Waals surface area (Å²) in [6, 6.07) is 20.0. The molecule has 144 valence electrons. The summed E-state index contributed by atoms with van der Waals surface area (Å²) < 4.78 is 26.4. The second-order valence-corrected chi connectivity index (χ2v) is 6.57. The Balaban J connectivity index is 1.71. The minimum atomic E-state index is -0.498. The molecule has 4 nitrogen and oxygen atoms in total. The summed E-state index contributed by atoms with van der Waals surface area (Å²) in [5.41, 5.74) is 2.07. The van der Waals surface area contributed by atoms with Crippen molar-refractivity contribution in [2.45, 2.75) is 6.54 Å². The average molecular weight is 390 g/mol. The molecule has 1 N–H and O–H groups in total. The summed E-state index contributed by atoms with van der Waals surface area (Å²) in [4.78, 5) is 27.3. The number of rotatable bonds is 5. The van der Waals surface area contributed by atoms with Gasteiger partial charge in [0.25, 0.3) is 11.8 Å². The zero-order valence-electron chi connectivity index (χ0n) is 15.2. The number of carbonyl (C=O) groups is 2. The Morgan fingerprint density at radius 3 is 1.93 bits per heavy atom. The van der Waals surface area contributed by atoms with Crippen LogP contribution >= 0.6 is 0 Å². The molecule has 0 aromatic heterocycles. The molecule has 29 heavy (non-hydrogen) atoms. The Morgan fingerprint density at radius 2 is 1.31 bits per heavy atom. The van der Waals surface area contributed by atoms with Gasteiger partial charge in [-0.05, 0) is 47.5 Å². The number of imide groups is 1. The molecule has 0 radical (unpaired) electrons. The third-order valence-corrected chi connectivity index (χ3v) is 4.60. The van der Waals surface area contributed by atoms with Crippen molar-refractivity contribution in [2.75, 3.05) is 5.32 Å². The fraction of sp³-hybridized carbons (Fsp3) is 0.0435. The molecule has 3 aromatic rings. The number of halogens is 2. The fourth-order valence-corrected chi connectivity index (χ4v) is 3.16. The molecule has 3 aromatic carbocycles. The van der Waals surface area contributed by atoms with E-state index >= 15 is 0 Å². The van der Waals surface area contributed by atoms with Crippen LogP contribution < -0.4 is 5.32 Å². The summed E-state index contributed by atoms with van der Waals surface area (Å²) in [6.07, 6.45) is 0. The van der Waals surface area contributed by atoms with E-state index in [0.29, 0.717) is 16.8 Å². The first-order valence-electron chi connectivity index (χ1n) is 8.96. The maximum Gasteiger partial charge on any atom is 0.278 e. The van der Waals surface area contributed by atoms with E-state index in [4.69, 9.17) is 0 Å². The van der Waals surface area contributed by atoms with E-state index in [0.717, 1.165) is 4.90 Å². The van der Waals surface area contributed by atoms with Crippen molar-refractivity contribution in [3.05, 3.63) is 107 Å². The van der Waals surface area contributed by atoms with Gasteiger partial charge in [0.2, 0.25) is 0 Å². The molecule has 0 saturated carbocycles. The molecule has 0 spiro atoms. The first-order valence-corrected chi connectivity index (χ1v) is 8.96. The van der Waals surface area contributed by atoms with Crippen LogP contribution in [0, 0.1) is 11.6 Å². The van der Waals surface area contributed by atoms with Crippen LogP contribution in [0.3, 0.4) is 0 Å². The quantitative estimate of drug-likeness (QED) is 0.659. The number of nitrogens with one attached hydrogen (secondary N) is 1. The summed E-state index contributed by atoms with van der Waals surface area (Å²) in [5.74, 6) is -1.74. The SMILES string of the molecule is O=C1C(Nc2ccc(F)cc2)=C(c2ccccc2)C(=O)N1Cc1ccc(F)cc1. The summed E-state index contributed by atoms with van der Waals surface area (Å²) in [7, 11) is 0. The molecule has 0 aliphatic carbocycles. The molecule has 1 aliphatic heterocycles. The second kappa shape index (κ2) is 7.67. The zero-order valence-corrected chi connectivity index (χ0v) is 15.2. The van der Waals surface area contributed by atoms with Gasteiger partial charge in [0.1, 0.15) is 17.3 Å². The Labute approximate surface area is 166 Å². The Kier molecular flexibility index (Phi) is 4.91. The largest absolute Gasteiger partial charge is 0.350 e. The van der Waals surface area contributed by atoms with E-state index in [9.17, 15) is 18.4 Å². The normalized spacial score (nSPS) is 13.9. The van der Waals surface area contributed by atoms with E-state index < -0.39 is 23.4 Å². The van der Waals surface area contributed by atoms with Gasteiger partial charge >= 0.3 is 0 Å². The average Bonchev–Trinajstić information content (AvgIpc) is 2.96. The lowest BCUT2D eigenvalue weighted by Crippen LogP contribution is -2.32. The van der Waals surface area contributed by atoms with Crippen LogP contribution in [0.1, 0.15) is 11.1 Å². The summed E-state index contributed by atoms with van der Waals surface area (Å²) in [5, 5.41) is 2.96. The second-order valence-electron chi connectivity index (χ2n) is 6.57. The van der Waals surface area contributed by atoms with Crippen LogP contribution in [0.2, 0.25) is 0 Å². The van der Waals surface area contributed by atoms with Crippen molar-refractivity contribution in [3.63, 3.8) is 0 Å². The monoisotopic (exact) mass is 390 g/mol. The number of hydrogen-bond acceptors (Lipinski definition) is 3. The number of nitrogens with zero attached hydrogens (tertiary/aromatic N) is 1. The molecule has 1 aliphatic rings. The Hall–Kier alpha value is -3.80. The minimum absolute atomic E-state index is 0.0167. The maximum absolute atomic E-state index is 13.2. The fourth-order valence-electron chi connectivity index (χ4n) is 3.16. The van der Waals surface area contributed by atoms with Crippen molar-refractivity contribution >= 4 is 23.1 Å². The predicted octanol–water partition coefficient (Wildman–Crippen LogP) is 4.36. The van der Waals surface area contributed by atoms with E-state index in [1.165, 1.54) is 48.5 Å². The molecular formula is C23H16F2N2O2. The molecule has 0 saturated heterocycles. The highest BCUT2D eigenvalue weighted by molar-refractivity contribution is 6.36. The third-order valence-electron chi connectivity index (χ3n) is 4.60. The molecule has 6 heteroatoms. The molecule has 1 heterocycles. The molecule has 0 atom stereocenters. The zero-order chi connectivity index (χ0) is 20.4. The van der Waals surface area contributed by atoms with Gasteiger partial charge in [0.05, 0.1) is 12.1 Å². The van der Waals surface area contributed by atoms with Crippen LogP contribution in [0.25, 0.3) is 5.57 Å². The Morgan fingerprint density at radius 1 is 0.724 bits per heavy atom. The van der Waals surface area contributed by atoms with Gasteiger partial charge in [0.15, 0.2) is 0 Å². The minimum Gasteiger partial charge on any atom is -0.350 e. The summed E-state index contributed by atoms with van der Waals surface area (Å²) in [6.45, 7) is 0.0167. The van der Waals surface area contributed by atoms with E-state index in [-0.39, 0.29) is 17.8 Å². The Bertz CT molecular complexity index is 1090. The molecule has 4 rings (SSSR count). The molecule has 0 unspecified atom stereocenters. The predicted molar refractivity (Wildman–Crippen MR) is 105 cm³/mol. The van der Waals surface area contributed by atoms with Crippen LogP contribution in [-0.4, -0.2) is 16.7 Å². The van der Waals surface area contributed by atoms with Crippen LogP contribution in [0.15, 0.2) is 84.6 Å². The first kappa shape index (κ1) is 18.6. The van der Waals surface area contributed by atoms with E-state index in [1.807, 2.05) is 6.07 Å². The van der Waals surface area contributed by atoms with Crippen molar-refractivity contribution in [1.82, 2.24) is 4.90 Å². The smallest absolute Gasteiger partial charge is 0.278 e. The van der Waals surface area contributed by atoms with Gasteiger partial charge in [-0.3, -0.25) is 14.5 Å². The van der Waals surface area contributed by atoms with Crippen LogP contribution in [-0.2, 0) is 16.1 Å². The highest BCUT2D eigenvalue weighted by atomic mass is 19.1. The summed E-state index contributed by atoms with van der Waals surface area (Å²) >= 11 is 0. The molecule has 0 fully saturated rings. The lowest BCUT2D eigenvalue weighted by atomic mass is 10.0. The lowest BCUT2D eigenvalue weighted by Gasteiger charge is -2.15. The number of carbonyl (C=O) groups excluding carboxylic acids is 2. The van der Waals surface area contributed by atoms with E-state index in [1.54, 1.807) is 24.3 Å².